The predicted molar refractivity (Wildman–Crippen MR) is 90.8 cm³/mol. The lowest BCUT2D eigenvalue weighted by atomic mass is 10.3. The molecule has 0 saturated heterocycles. The van der Waals surface area contributed by atoms with Crippen LogP contribution in [0.3, 0.4) is 0 Å². The molecule has 4 nitrogen and oxygen atoms in total. The Bertz CT molecular complexity index is 669. The lowest BCUT2D eigenvalue weighted by Crippen LogP contribution is -2.19. The lowest BCUT2D eigenvalue weighted by molar-refractivity contribution is 0.262. The van der Waals surface area contributed by atoms with Gasteiger partial charge in [0.25, 0.3) is 0 Å². The zero-order valence-corrected chi connectivity index (χ0v) is 13.0. The summed E-state index contributed by atoms with van der Waals surface area (Å²) in [4.78, 5) is 11.9. The van der Waals surface area contributed by atoms with Gasteiger partial charge in [0.2, 0.25) is 0 Å². The van der Waals surface area contributed by atoms with Gasteiger partial charge in [-0.05, 0) is 55.0 Å². The monoisotopic (exact) mass is 316 g/mol. The van der Waals surface area contributed by atoms with Crippen molar-refractivity contribution < 1.29 is 9.53 Å². The molecule has 0 heterocycles. The van der Waals surface area contributed by atoms with Crippen LogP contribution in [0.15, 0.2) is 60.7 Å². The van der Waals surface area contributed by atoms with E-state index in [1.807, 2.05) is 6.92 Å². The van der Waals surface area contributed by atoms with Crippen molar-refractivity contribution >= 4 is 29.0 Å². The van der Waals surface area contributed by atoms with E-state index in [-0.39, 0.29) is 6.03 Å². The van der Waals surface area contributed by atoms with Crippen LogP contribution in [0.2, 0.25) is 5.02 Å². The molecule has 2 rings (SSSR count). The minimum Gasteiger partial charge on any atom is -0.489 e. The number of carbonyl (C=O) groups excluding carboxylic acids is 1. The number of urea groups is 1. The SMILES string of the molecule is C=C(C)COc1ccc(NC(=O)Nc2cccc(Cl)c2)cc1. The first-order valence-electron chi connectivity index (χ1n) is 6.74. The van der Waals surface area contributed by atoms with Gasteiger partial charge in [-0.2, -0.15) is 0 Å². The molecule has 0 fully saturated rings. The van der Waals surface area contributed by atoms with Crippen molar-refractivity contribution in [3.63, 3.8) is 0 Å². The van der Waals surface area contributed by atoms with Crippen LogP contribution in [-0.2, 0) is 0 Å². The fourth-order valence-electron chi connectivity index (χ4n) is 1.70. The average Bonchev–Trinajstić information content (AvgIpc) is 2.46. The van der Waals surface area contributed by atoms with E-state index in [1.54, 1.807) is 48.5 Å². The van der Waals surface area contributed by atoms with Gasteiger partial charge in [0.15, 0.2) is 0 Å². The topological polar surface area (TPSA) is 50.4 Å². The van der Waals surface area contributed by atoms with Gasteiger partial charge in [-0.1, -0.05) is 24.2 Å². The number of carbonyl (C=O) groups is 1. The Morgan fingerprint density at radius 2 is 1.82 bits per heavy atom. The van der Waals surface area contributed by atoms with Gasteiger partial charge >= 0.3 is 6.03 Å². The van der Waals surface area contributed by atoms with E-state index in [0.717, 1.165) is 11.3 Å². The third kappa shape index (κ3) is 5.14. The molecule has 2 amide bonds. The van der Waals surface area contributed by atoms with Crippen molar-refractivity contribution in [2.24, 2.45) is 0 Å². The Balaban J connectivity index is 1.90. The summed E-state index contributed by atoms with van der Waals surface area (Å²) in [6.07, 6.45) is 0. The highest BCUT2D eigenvalue weighted by Crippen LogP contribution is 2.18. The molecule has 0 saturated carbocycles. The van der Waals surface area contributed by atoms with E-state index in [9.17, 15) is 4.79 Å². The summed E-state index contributed by atoms with van der Waals surface area (Å²) in [7, 11) is 0. The van der Waals surface area contributed by atoms with Crippen LogP contribution in [-0.4, -0.2) is 12.6 Å². The molecule has 0 aliphatic carbocycles. The second-order valence-corrected chi connectivity index (χ2v) is 5.30. The molecule has 0 atom stereocenters. The number of hydrogen-bond donors (Lipinski definition) is 2. The van der Waals surface area contributed by atoms with E-state index < -0.39 is 0 Å². The van der Waals surface area contributed by atoms with Crippen LogP contribution < -0.4 is 15.4 Å². The molecule has 0 spiro atoms. The van der Waals surface area contributed by atoms with E-state index in [0.29, 0.717) is 23.0 Å². The highest BCUT2D eigenvalue weighted by Gasteiger charge is 2.03. The maximum absolute atomic E-state index is 11.9. The van der Waals surface area contributed by atoms with Gasteiger partial charge in [0, 0.05) is 16.4 Å². The minimum absolute atomic E-state index is 0.335. The first-order chi connectivity index (χ1) is 10.5. The molecule has 22 heavy (non-hydrogen) atoms. The molecule has 0 aliphatic heterocycles. The molecule has 0 bridgehead atoms. The standard InChI is InChI=1S/C17H17ClN2O2/c1-12(2)11-22-16-8-6-14(7-9-16)19-17(21)20-15-5-3-4-13(18)10-15/h3-10H,1,11H2,2H3,(H2,19,20,21). The summed E-state index contributed by atoms with van der Waals surface area (Å²) < 4.78 is 5.49. The van der Waals surface area contributed by atoms with Crippen LogP contribution in [0.1, 0.15) is 6.92 Å². The maximum Gasteiger partial charge on any atom is 0.323 e. The summed E-state index contributed by atoms with van der Waals surface area (Å²) in [6, 6.07) is 13.7. The van der Waals surface area contributed by atoms with E-state index in [1.165, 1.54) is 0 Å². The number of amides is 2. The van der Waals surface area contributed by atoms with Gasteiger partial charge in [0.05, 0.1) is 0 Å². The first-order valence-corrected chi connectivity index (χ1v) is 7.11. The Morgan fingerprint density at radius 3 is 2.45 bits per heavy atom. The second kappa shape index (κ2) is 7.52. The van der Waals surface area contributed by atoms with Crippen molar-refractivity contribution in [2.75, 3.05) is 17.2 Å². The zero-order chi connectivity index (χ0) is 15.9. The fourth-order valence-corrected chi connectivity index (χ4v) is 1.89. The quantitative estimate of drug-likeness (QED) is 0.768. The van der Waals surface area contributed by atoms with E-state index in [4.69, 9.17) is 16.3 Å². The maximum atomic E-state index is 11.9. The summed E-state index contributed by atoms with van der Waals surface area (Å²) in [5.74, 6) is 0.726. The van der Waals surface area contributed by atoms with Crippen molar-refractivity contribution in [1.82, 2.24) is 0 Å². The highest BCUT2D eigenvalue weighted by molar-refractivity contribution is 6.30. The average molecular weight is 317 g/mol. The van der Waals surface area contributed by atoms with Gasteiger partial charge in [-0.25, -0.2) is 4.79 Å². The highest BCUT2D eigenvalue weighted by atomic mass is 35.5. The Labute approximate surface area is 134 Å². The number of hydrogen-bond acceptors (Lipinski definition) is 2. The van der Waals surface area contributed by atoms with E-state index >= 15 is 0 Å². The van der Waals surface area contributed by atoms with Crippen molar-refractivity contribution in [1.29, 1.82) is 0 Å². The van der Waals surface area contributed by atoms with Crippen LogP contribution in [0.5, 0.6) is 5.75 Å². The molecule has 0 unspecified atom stereocenters. The van der Waals surface area contributed by atoms with Crippen LogP contribution in [0, 0.1) is 0 Å². The smallest absolute Gasteiger partial charge is 0.323 e. The van der Waals surface area contributed by atoms with Gasteiger partial charge in [-0.15, -0.1) is 0 Å². The summed E-state index contributed by atoms with van der Waals surface area (Å²) in [6.45, 7) is 6.15. The number of anilines is 2. The van der Waals surface area contributed by atoms with Gasteiger partial charge < -0.3 is 15.4 Å². The lowest BCUT2D eigenvalue weighted by Gasteiger charge is -2.09. The predicted octanol–water partition coefficient (Wildman–Crippen LogP) is 4.94. The summed E-state index contributed by atoms with van der Waals surface area (Å²) in [5.41, 5.74) is 2.25. The molecule has 0 aliphatic rings. The normalized spacial score (nSPS) is 9.91. The molecule has 2 N–H and O–H groups in total. The molecule has 114 valence electrons. The molecule has 2 aromatic rings. The Hall–Kier alpha value is -2.46. The zero-order valence-electron chi connectivity index (χ0n) is 12.2. The molecule has 0 aromatic heterocycles. The molecule has 5 heteroatoms. The number of rotatable bonds is 5. The third-order valence-corrected chi connectivity index (χ3v) is 2.92. The number of benzene rings is 2. The van der Waals surface area contributed by atoms with Crippen LogP contribution in [0.4, 0.5) is 16.2 Å². The third-order valence-electron chi connectivity index (χ3n) is 2.68. The van der Waals surface area contributed by atoms with Crippen molar-refractivity contribution in [3.05, 3.63) is 65.7 Å². The number of nitrogens with one attached hydrogen (secondary N) is 2. The molecule has 0 radical (unpaired) electrons. The molecular weight excluding hydrogens is 300 g/mol. The van der Waals surface area contributed by atoms with Crippen LogP contribution >= 0.6 is 11.6 Å². The molecular formula is C17H17ClN2O2. The first kappa shape index (κ1) is 15.9. The Kier molecular flexibility index (Phi) is 5.44. The van der Waals surface area contributed by atoms with E-state index in [2.05, 4.69) is 17.2 Å². The van der Waals surface area contributed by atoms with Gasteiger partial charge in [-0.3, -0.25) is 0 Å². The molecule has 2 aromatic carbocycles. The Morgan fingerprint density at radius 1 is 1.14 bits per heavy atom. The summed E-state index contributed by atoms with van der Waals surface area (Å²) >= 11 is 5.87. The fraction of sp³-hybridized carbons (Fsp3) is 0.118. The number of ether oxygens (including phenoxy) is 1. The van der Waals surface area contributed by atoms with Crippen LogP contribution in [0.25, 0.3) is 0 Å². The van der Waals surface area contributed by atoms with Crippen molar-refractivity contribution in [2.45, 2.75) is 6.92 Å². The second-order valence-electron chi connectivity index (χ2n) is 4.86. The summed E-state index contributed by atoms with van der Waals surface area (Å²) in [5, 5.41) is 6.01. The largest absolute Gasteiger partial charge is 0.489 e. The number of halogens is 1. The minimum atomic E-state index is -0.335. The van der Waals surface area contributed by atoms with Gasteiger partial charge in [0.1, 0.15) is 12.4 Å². The van der Waals surface area contributed by atoms with Crippen molar-refractivity contribution in [3.8, 4) is 5.75 Å².